The van der Waals surface area contributed by atoms with E-state index in [0.29, 0.717) is 12.0 Å². The molecule has 2 nitrogen and oxygen atoms in total. The van der Waals surface area contributed by atoms with Crippen LogP contribution in [0.15, 0.2) is 121 Å². The summed E-state index contributed by atoms with van der Waals surface area (Å²) in [6.45, 7) is 2.19. The van der Waals surface area contributed by atoms with Crippen LogP contribution in [-0.4, -0.2) is 10.6 Å². The summed E-state index contributed by atoms with van der Waals surface area (Å²) >= 11 is 0. The first-order valence-electron chi connectivity index (χ1n) is 11.6. The third-order valence-electron chi connectivity index (χ3n) is 7.19. The first-order chi connectivity index (χ1) is 16.3. The molecule has 5 aromatic rings. The molecule has 0 amide bonds. The van der Waals surface area contributed by atoms with Gasteiger partial charge in [0.05, 0.1) is 17.1 Å². The van der Waals surface area contributed by atoms with Crippen molar-refractivity contribution in [3.63, 3.8) is 0 Å². The van der Waals surface area contributed by atoms with E-state index >= 15 is 0 Å². The molecular weight excluding hydrogens is 400 g/mol. The number of allylic oxidation sites excluding steroid dienone is 2. The monoisotopic (exact) mass is 424 g/mol. The molecule has 0 bridgehead atoms. The van der Waals surface area contributed by atoms with Crippen molar-refractivity contribution in [1.29, 1.82) is 0 Å². The number of nitrogens with zero attached hydrogens (tertiary/aromatic N) is 2. The highest BCUT2D eigenvalue weighted by molar-refractivity contribution is 6.09. The van der Waals surface area contributed by atoms with E-state index in [1.165, 1.54) is 50.0 Å². The van der Waals surface area contributed by atoms with Crippen LogP contribution in [0.5, 0.6) is 0 Å². The zero-order valence-electron chi connectivity index (χ0n) is 18.5. The Morgan fingerprint density at radius 3 is 1.97 bits per heavy atom. The maximum Gasteiger partial charge on any atom is 0.0632 e. The van der Waals surface area contributed by atoms with Crippen LogP contribution < -0.4 is 4.90 Å². The largest absolute Gasteiger partial charge is 0.333 e. The molecule has 158 valence electrons. The Labute approximate surface area is 193 Å². The molecule has 1 aliphatic heterocycles. The third-order valence-corrected chi connectivity index (χ3v) is 7.19. The van der Waals surface area contributed by atoms with E-state index in [4.69, 9.17) is 0 Å². The molecule has 0 radical (unpaired) electrons. The van der Waals surface area contributed by atoms with Crippen LogP contribution in [0, 0.1) is 0 Å². The van der Waals surface area contributed by atoms with Gasteiger partial charge in [0.2, 0.25) is 0 Å². The fourth-order valence-electron chi connectivity index (χ4n) is 5.74. The fraction of sp³-hybridized carbons (Fsp3) is 0.0968. The summed E-state index contributed by atoms with van der Waals surface area (Å²) in [5.41, 5.74) is 8.97. The number of rotatable bonds is 2. The van der Waals surface area contributed by atoms with E-state index in [0.717, 1.165) is 0 Å². The average Bonchev–Trinajstić information content (AvgIpc) is 3.37. The van der Waals surface area contributed by atoms with Gasteiger partial charge in [-0.05, 0) is 55.0 Å². The van der Waals surface area contributed by atoms with Gasteiger partial charge in [0.1, 0.15) is 0 Å². The molecule has 0 saturated heterocycles. The van der Waals surface area contributed by atoms with E-state index in [1.54, 1.807) is 0 Å². The molecule has 2 heteroatoms. The molecule has 2 atom stereocenters. The number of para-hydroxylation sites is 3. The minimum Gasteiger partial charge on any atom is -0.333 e. The van der Waals surface area contributed by atoms with E-state index in [1.807, 2.05) is 0 Å². The Hall–Kier alpha value is -4.04. The second kappa shape index (κ2) is 6.98. The van der Waals surface area contributed by atoms with Gasteiger partial charge in [0, 0.05) is 33.8 Å². The molecule has 0 saturated carbocycles. The lowest BCUT2D eigenvalue weighted by atomic mass is 9.89. The van der Waals surface area contributed by atoms with E-state index < -0.39 is 0 Å². The van der Waals surface area contributed by atoms with Crippen molar-refractivity contribution in [2.45, 2.75) is 18.9 Å². The van der Waals surface area contributed by atoms with Crippen LogP contribution >= 0.6 is 0 Å². The summed E-state index contributed by atoms with van der Waals surface area (Å²) in [6.07, 6.45) is 7.03. The van der Waals surface area contributed by atoms with Gasteiger partial charge in [-0.1, -0.05) is 78.4 Å². The van der Waals surface area contributed by atoms with Crippen molar-refractivity contribution in [1.82, 2.24) is 4.57 Å². The molecule has 0 spiro atoms. The first-order valence-corrected chi connectivity index (χ1v) is 11.6. The normalized spacial score (nSPS) is 19.1. The molecule has 7 rings (SSSR count). The van der Waals surface area contributed by atoms with Crippen LogP contribution in [0.3, 0.4) is 0 Å². The topological polar surface area (TPSA) is 8.17 Å². The molecule has 33 heavy (non-hydrogen) atoms. The minimum atomic E-state index is 0.325. The Bertz CT molecular complexity index is 1530. The Kier molecular flexibility index (Phi) is 3.92. The summed E-state index contributed by atoms with van der Waals surface area (Å²) in [4.78, 5) is 2.50. The van der Waals surface area contributed by atoms with Gasteiger partial charge in [0.15, 0.2) is 0 Å². The summed E-state index contributed by atoms with van der Waals surface area (Å²) in [7, 11) is 0. The van der Waals surface area contributed by atoms with Crippen molar-refractivity contribution in [2.75, 3.05) is 4.90 Å². The predicted octanol–water partition coefficient (Wildman–Crippen LogP) is 7.90. The minimum absolute atomic E-state index is 0.325. The zero-order chi connectivity index (χ0) is 21.9. The molecule has 4 aromatic carbocycles. The highest BCUT2D eigenvalue weighted by atomic mass is 15.2. The SMILES string of the molecule is CC1=CC2C(C=C1)c1ccccc1N2c1ccc(-n2c3ccccc3c3ccccc32)cc1. The highest BCUT2D eigenvalue weighted by Gasteiger charge is 2.37. The fourth-order valence-corrected chi connectivity index (χ4v) is 5.74. The number of anilines is 2. The highest BCUT2D eigenvalue weighted by Crippen LogP contribution is 2.48. The second-order valence-corrected chi connectivity index (χ2v) is 9.10. The lowest BCUT2D eigenvalue weighted by molar-refractivity contribution is 0.738. The quantitative estimate of drug-likeness (QED) is 0.279. The maximum atomic E-state index is 2.50. The van der Waals surface area contributed by atoms with Crippen LogP contribution in [0.25, 0.3) is 27.5 Å². The Morgan fingerprint density at radius 1 is 0.636 bits per heavy atom. The predicted molar refractivity (Wildman–Crippen MR) is 139 cm³/mol. The van der Waals surface area contributed by atoms with Crippen molar-refractivity contribution in [3.8, 4) is 5.69 Å². The van der Waals surface area contributed by atoms with Gasteiger partial charge in [-0.15, -0.1) is 0 Å². The zero-order valence-corrected chi connectivity index (χ0v) is 18.5. The second-order valence-electron chi connectivity index (χ2n) is 9.10. The van der Waals surface area contributed by atoms with E-state index in [2.05, 4.69) is 132 Å². The van der Waals surface area contributed by atoms with Crippen LogP contribution in [0.1, 0.15) is 18.4 Å². The van der Waals surface area contributed by atoms with E-state index in [-0.39, 0.29) is 0 Å². The van der Waals surface area contributed by atoms with Crippen LogP contribution in [0.4, 0.5) is 11.4 Å². The van der Waals surface area contributed by atoms with Gasteiger partial charge < -0.3 is 9.47 Å². The van der Waals surface area contributed by atoms with Gasteiger partial charge in [-0.25, -0.2) is 0 Å². The van der Waals surface area contributed by atoms with Gasteiger partial charge in [-0.2, -0.15) is 0 Å². The van der Waals surface area contributed by atoms with Gasteiger partial charge in [0.25, 0.3) is 0 Å². The maximum absolute atomic E-state index is 2.50. The molecule has 2 unspecified atom stereocenters. The summed E-state index contributed by atoms with van der Waals surface area (Å²) in [5, 5.41) is 2.59. The molecule has 0 fully saturated rings. The average molecular weight is 425 g/mol. The lowest BCUT2D eigenvalue weighted by Gasteiger charge is -2.29. The third kappa shape index (κ3) is 2.67. The molecule has 0 N–H and O–H groups in total. The number of hydrogen-bond acceptors (Lipinski definition) is 1. The van der Waals surface area contributed by atoms with Crippen molar-refractivity contribution < 1.29 is 0 Å². The number of fused-ring (bicyclic) bond motifs is 6. The molecule has 1 aliphatic carbocycles. The van der Waals surface area contributed by atoms with Crippen molar-refractivity contribution in [3.05, 3.63) is 126 Å². The van der Waals surface area contributed by atoms with Crippen molar-refractivity contribution >= 4 is 33.2 Å². The van der Waals surface area contributed by atoms with Crippen LogP contribution in [-0.2, 0) is 0 Å². The first kappa shape index (κ1) is 18.5. The summed E-state index contributed by atoms with van der Waals surface area (Å²) in [5.74, 6) is 0.405. The van der Waals surface area contributed by atoms with Crippen molar-refractivity contribution in [2.24, 2.45) is 0 Å². The van der Waals surface area contributed by atoms with Gasteiger partial charge >= 0.3 is 0 Å². The Balaban J connectivity index is 1.37. The summed E-state index contributed by atoms with van der Waals surface area (Å²) in [6, 6.07) is 35.6. The molecule has 2 aliphatic rings. The number of hydrogen-bond donors (Lipinski definition) is 0. The number of aromatic nitrogens is 1. The molecular formula is C31H24N2. The number of benzene rings is 4. The standard InChI is InChI=1S/C31H24N2/c1-21-14-19-27-26-10-4-7-13-30(26)33(31(27)20-21)23-17-15-22(16-18-23)32-28-11-5-2-8-24(28)25-9-3-6-12-29(25)32/h2-20,27,31H,1H3. The Morgan fingerprint density at radius 2 is 1.24 bits per heavy atom. The lowest BCUT2D eigenvalue weighted by Crippen LogP contribution is -2.29. The molecule has 2 heterocycles. The smallest absolute Gasteiger partial charge is 0.0632 e. The van der Waals surface area contributed by atoms with E-state index in [9.17, 15) is 0 Å². The van der Waals surface area contributed by atoms with Gasteiger partial charge in [-0.3, -0.25) is 0 Å². The summed E-state index contributed by atoms with van der Waals surface area (Å²) < 4.78 is 2.38. The van der Waals surface area contributed by atoms with Crippen LogP contribution in [0.2, 0.25) is 0 Å². The molecule has 1 aromatic heterocycles.